The van der Waals surface area contributed by atoms with Gasteiger partial charge in [-0.3, -0.25) is 0 Å². The molecule has 0 aromatic carbocycles. The molecular formula is C18H36N2O6S2. The van der Waals surface area contributed by atoms with Gasteiger partial charge in [0.25, 0.3) is 0 Å². The quantitative estimate of drug-likeness (QED) is 0.416. The van der Waals surface area contributed by atoms with Crippen molar-refractivity contribution in [2.24, 2.45) is 0 Å². The number of nitrogens with zero attached hydrogens (tertiary/aromatic N) is 2. The summed E-state index contributed by atoms with van der Waals surface area (Å²) in [4.78, 5) is 4.42. The van der Waals surface area contributed by atoms with Crippen LogP contribution in [0.15, 0.2) is 0 Å². The van der Waals surface area contributed by atoms with Gasteiger partial charge in [0, 0.05) is 39.8 Å². The Balaban J connectivity index is 1.78. The SMILES string of the molecule is COCCOC(C)(CCCN1CCS(=O)(=O)CC1)CCN1CCS(=O)(=O)CC1. The summed E-state index contributed by atoms with van der Waals surface area (Å²) in [7, 11) is -4.05. The molecule has 0 N–H and O–H groups in total. The van der Waals surface area contributed by atoms with Crippen LogP contribution in [0.1, 0.15) is 26.2 Å². The number of hydrogen-bond donors (Lipinski definition) is 0. The predicted molar refractivity (Wildman–Crippen MR) is 110 cm³/mol. The molecule has 2 heterocycles. The second-order valence-electron chi connectivity index (χ2n) is 8.13. The Kier molecular flexibility index (Phi) is 9.15. The smallest absolute Gasteiger partial charge is 0.152 e. The molecule has 8 nitrogen and oxygen atoms in total. The normalized spacial score (nSPS) is 25.4. The third-order valence-corrected chi connectivity index (χ3v) is 8.97. The van der Waals surface area contributed by atoms with Gasteiger partial charge in [-0.05, 0) is 32.7 Å². The summed E-state index contributed by atoms with van der Waals surface area (Å²) in [6.45, 7) is 7.31. The van der Waals surface area contributed by atoms with E-state index in [0.29, 0.717) is 39.4 Å². The Morgan fingerprint density at radius 3 is 1.79 bits per heavy atom. The van der Waals surface area contributed by atoms with Gasteiger partial charge < -0.3 is 19.3 Å². The molecule has 2 aliphatic heterocycles. The van der Waals surface area contributed by atoms with Crippen molar-refractivity contribution < 1.29 is 26.3 Å². The highest BCUT2D eigenvalue weighted by molar-refractivity contribution is 7.91. The summed E-state index contributed by atoms with van der Waals surface area (Å²) < 4.78 is 57.5. The first-order chi connectivity index (χ1) is 13.1. The van der Waals surface area contributed by atoms with Crippen LogP contribution in [-0.4, -0.2) is 115 Å². The Bertz CT molecular complexity index is 654. The standard InChI is InChI=1S/C18H36N2O6S2/c1-18(26-13-12-25-2,5-7-20-10-16-28(23,24)17-11-20)4-3-6-19-8-14-27(21,22)15-9-19/h3-17H2,1-2H3. The number of hydrogen-bond acceptors (Lipinski definition) is 8. The maximum atomic E-state index is 11.6. The summed E-state index contributed by atoms with van der Waals surface area (Å²) in [6, 6.07) is 0. The number of ether oxygens (including phenoxy) is 2. The first-order valence-corrected chi connectivity index (χ1v) is 13.8. The van der Waals surface area contributed by atoms with E-state index in [-0.39, 0.29) is 28.6 Å². The number of sulfone groups is 2. The van der Waals surface area contributed by atoms with Crippen LogP contribution in [0.5, 0.6) is 0 Å². The van der Waals surface area contributed by atoms with Gasteiger partial charge in [0.1, 0.15) is 0 Å². The molecule has 0 aromatic heterocycles. The van der Waals surface area contributed by atoms with Crippen LogP contribution < -0.4 is 0 Å². The summed E-state index contributed by atoms with van der Waals surface area (Å²) in [5.74, 6) is 0.997. The fraction of sp³-hybridized carbons (Fsp3) is 1.00. The maximum Gasteiger partial charge on any atom is 0.152 e. The first kappa shape index (κ1) is 24.0. The molecule has 0 saturated carbocycles. The monoisotopic (exact) mass is 440 g/mol. The fourth-order valence-corrected chi connectivity index (χ4v) is 6.21. The minimum Gasteiger partial charge on any atom is -0.382 e. The van der Waals surface area contributed by atoms with Gasteiger partial charge >= 0.3 is 0 Å². The van der Waals surface area contributed by atoms with Crippen molar-refractivity contribution in [2.45, 2.75) is 31.8 Å². The van der Waals surface area contributed by atoms with Gasteiger partial charge in [0.2, 0.25) is 0 Å². The van der Waals surface area contributed by atoms with Gasteiger partial charge in [0.15, 0.2) is 19.7 Å². The Labute approximate surface area is 170 Å². The molecule has 1 atom stereocenters. The Morgan fingerprint density at radius 2 is 1.29 bits per heavy atom. The highest BCUT2D eigenvalue weighted by Crippen LogP contribution is 2.24. The van der Waals surface area contributed by atoms with Crippen LogP contribution in [0.4, 0.5) is 0 Å². The number of methoxy groups -OCH3 is 1. The van der Waals surface area contributed by atoms with E-state index in [4.69, 9.17) is 9.47 Å². The lowest BCUT2D eigenvalue weighted by atomic mass is 9.95. The minimum absolute atomic E-state index is 0.242. The van der Waals surface area contributed by atoms with Gasteiger partial charge in [-0.15, -0.1) is 0 Å². The summed E-state index contributed by atoms with van der Waals surface area (Å²) >= 11 is 0. The van der Waals surface area contributed by atoms with Crippen LogP contribution >= 0.6 is 0 Å². The fourth-order valence-electron chi connectivity index (χ4n) is 3.66. The van der Waals surface area contributed by atoms with E-state index in [9.17, 15) is 16.8 Å². The molecule has 10 heteroatoms. The van der Waals surface area contributed by atoms with E-state index in [2.05, 4.69) is 16.7 Å². The molecule has 2 fully saturated rings. The van der Waals surface area contributed by atoms with Gasteiger partial charge in [-0.25, -0.2) is 16.8 Å². The lowest BCUT2D eigenvalue weighted by molar-refractivity contribution is -0.0666. The average Bonchev–Trinajstić information content (AvgIpc) is 2.63. The molecular weight excluding hydrogens is 404 g/mol. The predicted octanol–water partition coefficient (Wildman–Crippen LogP) is 0.0392. The van der Waals surface area contributed by atoms with Crippen molar-refractivity contribution in [1.82, 2.24) is 9.80 Å². The second-order valence-corrected chi connectivity index (χ2v) is 12.7. The third-order valence-electron chi connectivity index (χ3n) is 5.75. The topological polar surface area (TPSA) is 93.2 Å². The second kappa shape index (κ2) is 10.7. The maximum absolute atomic E-state index is 11.6. The molecule has 166 valence electrons. The zero-order valence-electron chi connectivity index (χ0n) is 17.3. The van der Waals surface area contributed by atoms with Gasteiger partial charge in [-0.2, -0.15) is 0 Å². The summed E-state index contributed by atoms with van der Waals surface area (Å²) in [6.07, 6.45) is 2.66. The largest absolute Gasteiger partial charge is 0.382 e. The van der Waals surface area contributed by atoms with Crippen molar-refractivity contribution in [1.29, 1.82) is 0 Å². The Morgan fingerprint density at radius 1 is 0.786 bits per heavy atom. The lowest BCUT2D eigenvalue weighted by Crippen LogP contribution is -2.44. The van der Waals surface area contributed by atoms with Crippen LogP contribution in [-0.2, 0) is 29.1 Å². The molecule has 2 saturated heterocycles. The molecule has 1 unspecified atom stereocenters. The zero-order chi connectivity index (χ0) is 20.7. The summed E-state index contributed by atoms with van der Waals surface area (Å²) in [5, 5.41) is 0. The van der Waals surface area contributed by atoms with Crippen LogP contribution in [0, 0.1) is 0 Å². The Hall–Kier alpha value is -0.260. The highest BCUT2D eigenvalue weighted by atomic mass is 32.2. The summed E-state index contributed by atoms with van der Waals surface area (Å²) in [5.41, 5.74) is -0.295. The molecule has 0 radical (unpaired) electrons. The van der Waals surface area contributed by atoms with E-state index < -0.39 is 19.7 Å². The van der Waals surface area contributed by atoms with Crippen molar-refractivity contribution in [3.63, 3.8) is 0 Å². The van der Waals surface area contributed by atoms with Crippen molar-refractivity contribution in [3.05, 3.63) is 0 Å². The van der Waals surface area contributed by atoms with Gasteiger partial charge in [-0.1, -0.05) is 0 Å². The van der Waals surface area contributed by atoms with Crippen molar-refractivity contribution >= 4 is 19.7 Å². The average molecular weight is 441 g/mol. The molecule has 0 amide bonds. The van der Waals surface area contributed by atoms with Crippen LogP contribution in [0.25, 0.3) is 0 Å². The molecule has 0 bridgehead atoms. The molecule has 2 rings (SSSR count). The van der Waals surface area contributed by atoms with Crippen molar-refractivity contribution in [2.75, 3.05) is 82.6 Å². The lowest BCUT2D eigenvalue weighted by Gasteiger charge is -2.35. The zero-order valence-corrected chi connectivity index (χ0v) is 18.9. The number of rotatable bonds is 11. The molecule has 0 spiro atoms. The van der Waals surface area contributed by atoms with Crippen LogP contribution in [0.2, 0.25) is 0 Å². The van der Waals surface area contributed by atoms with Crippen molar-refractivity contribution in [3.8, 4) is 0 Å². The molecule has 0 aliphatic carbocycles. The van der Waals surface area contributed by atoms with Gasteiger partial charge in [0.05, 0.1) is 41.8 Å². The van der Waals surface area contributed by atoms with E-state index in [1.165, 1.54) is 0 Å². The highest BCUT2D eigenvalue weighted by Gasteiger charge is 2.29. The first-order valence-electron chi connectivity index (χ1n) is 10.1. The molecule has 0 aromatic rings. The molecule has 28 heavy (non-hydrogen) atoms. The third kappa shape index (κ3) is 8.62. The van der Waals surface area contributed by atoms with E-state index in [1.807, 2.05) is 0 Å². The van der Waals surface area contributed by atoms with Crippen LogP contribution in [0.3, 0.4) is 0 Å². The van der Waals surface area contributed by atoms with E-state index in [0.717, 1.165) is 32.4 Å². The van der Waals surface area contributed by atoms with E-state index >= 15 is 0 Å². The molecule has 2 aliphatic rings. The minimum atomic E-state index is -2.86. The van der Waals surface area contributed by atoms with E-state index in [1.54, 1.807) is 7.11 Å².